The van der Waals surface area contributed by atoms with E-state index in [0.29, 0.717) is 17.5 Å². The Hall–Kier alpha value is -1.06. The number of halogens is 2. The lowest BCUT2D eigenvalue weighted by atomic mass is 10.2. The lowest BCUT2D eigenvalue weighted by Gasteiger charge is -2.07. The molecule has 1 aromatic heterocycles. The van der Waals surface area contributed by atoms with E-state index < -0.39 is 0 Å². The van der Waals surface area contributed by atoms with Crippen LogP contribution in [0.5, 0.6) is 5.88 Å². The van der Waals surface area contributed by atoms with Crippen molar-refractivity contribution in [3.05, 3.63) is 57.2 Å². The minimum atomic E-state index is 0.467. The number of ether oxygens (including phenoxy) is 1. The van der Waals surface area contributed by atoms with Gasteiger partial charge in [-0.3, -0.25) is 0 Å². The van der Waals surface area contributed by atoms with E-state index in [2.05, 4.69) is 20.9 Å². The maximum absolute atomic E-state index is 5.90. The molecule has 88 valence electrons. The molecule has 0 bridgehead atoms. The van der Waals surface area contributed by atoms with Crippen molar-refractivity contribution in [1.82, 2.24) is 4.98 Å². The van der Waals surface area contributed by atoms with E-state index in [1.54, 1.807) is 6.20 Å². The van der Waals surface area contributed by atoms with Gasteiger partial charge in [-0.05, 0) is 46.1 Å². The van der Waals surface area contributed by atoms with Gasteiger partial charge in [0.2, 0.25) is 5.88 Å². The van der Waals surface area contributed by atoms with Crippen molar-refractivity contribution in [2.45, 2.75) is 13.5 Å². The third kappa shape index (κ3) is 3.45. The summed E-state index contributed by atoms with van der Waals surface area (Å²) < 4.78 is 6.57. The highest BCUT2D eigenvalue weighted by Crippen LogP contribution is 2.19. The van der Waals surface area contributed by atoms with Crippen LogP contribution in [-0.4, -0.2) is 4.98 Å². The molecule has 0 spiro atoms. The number of hydrogen-bond donors (Lipinski definition) is 0. The molecule has 0 aliphatic heterocycles. The molecule has 0 unspecified atom stereocenters. The Labute approximate surface area is 114 Å². The van der Waals surface area contributed by atoms with E-state index >= 15 is 0 Å². The zero-order chi connectivity index (χ0) is 12.3. The second-order valence-electron chi connectivity index (χ2n) is 3.69. The topological polar surface area (TPSA) is 22.1 Å². The molecule has 0 radical (unpaired) electrons. The first-order valence-corrected chi connectivity index (χ1v) is 6.31. The summed E-state index contributed by atoms with van der Waals surface area (Å²) in [6.45, 7) is 2.46. The van der Waals surface area contributed by atoms with Crippen molar-refractivity contribution < 1.29 is 4.74 Å². The molecule has 0 saturated carbocycles. The molecule has 0 N–H and O–H groups in total. The Morgan fingerprint density at radius 3 is 2.88 bits per heavy atom. The van der Waals surface area contributed by atoms with E-state index in [1.807, 2.05) is 37.3 Å². The minimum absolute atomic E-state index is 0.467. The molecular weight excluding hydrogens is 302 g/mol. The Balaban J connectivity index is 2.05. The molecule has 0 fully saturated rings. The summed E-state index contributed by atoms with van der Waals surface area (Å²) in [5, 5.41) is 0.714. The Morgan fingerprint density at radius 2 is 2.18 bits per heavy atom. The van der Waals surface area contributed by atoms with E-state index in [0.717, 1.165) is 15.6 Å². The van der Waals surface area contributed by atoms with Crippen LogP contribution in [-0.2, 0) is 6.61 Å². The average Bonchev–Trinajstić information content (AvgIpc) is 2.31. The molecule has 1 heterocycles. The lowest BCUT2D eigenvalue weighted by molar-refractivity contribution is 0.293. The van der Waals surface area contributed by atoms with Crippen LogP contribution in [0, 0.1) is 6.92 Å². The van der Waals surface area contributed by atoms with Crippen molar-refractivity contribution >= 4 is 27.5 Å². The van der Waals surface area contributed by atoms with Crippen LogP contribution in [0.15, 0.2) is 41.0 Å². The van der Waals surface area contributed by atoms with E-state index in [9.17, 15) is 0 Å². The summed E-state index contributed by atoms with van der Waals surface area (Å²) in [5.41, 5.74) is 2.13. The minimum Gasteiger partial charge on any atom is -0.473 e. The van der Waals surface area contributed by atoms with Crippen LogP contribution in [0.2, 0.25) is 5.02 Å². The van der Waals surface area contributed by atoms with E-state index in [-0.39, 0.29) is 0 Å². The smallest absolute Gasteiger partial charge is 0.213 e. The highest BCUT2D eigenvalue weighted by atomic mass is 79.9. The van der Waals surface area contributed by atoms with Gasteiger partial charge in [-0.2, -0.15) is 0 Å². The predicted octanol–water partition coefficient (Wildman–Crippen LogP) is 4.38. The zero-order valence-corrected chi connectivity index (χ0v) is 11.6. The van der Waals surface area contributed by atoms with Crippen LogP contribution in [0.25, 0.3) is 0 Å². The number of nitrogens with zero attached hydrogens (tertiary/aromatic N) is 1. The molecule has 0 atom stereocenters. The lowest BCUT2D eigenvalue weighted by Crippen LogP contribution is -1.97. The molecule has 1 aromatic carbocycles. The summed E-state index contributed by atoms with van der Waals surface area (Å²) in [4.78, 5) is 4.17. The van der Waals surface area contributed by atoms with E-state index in [4.69, 9.17) is 16.3 Å². The maximum atomic E-state index is 5.90. The highest BCUT2D eigenvalue weighted by Gasteiger charge is 2.01. The number of rotatable bonds is 3. The van der Waals surface area contributed by atoms with Crippen molar-refractivity contribution in [3.8, 4) is 5.88 Å². The van der Waals surface area contributed by atoms with Gasteiger partial charge in [-0.1, -0.05) is 23.7 Å². The van der Waals surface area contributed by atoms with Gasteiger partial charge in [0.25, 0.3) is 0 Å². The normalized spacial score (nSPS) is 10.3. The largest absolute Gasteiger partial charge is 0.473 e. The monoisotopic (exact) mass is 311 g/mol. The fourth-order valence-electron chi connectivity index (χ4n) is 1.38. The Morgan fingerprint density at radius 1 is 1.35 bits per heavy atom. The summed E-state index contributed by atoms with van der Waals surface area (Å²) in [6, 6.07) is 9.49. The van der Waals surface area contributed by atoms with Crippen LogP contribution in [0.1, 0.15) is 11.1 Å². The second kappa shape index (κ2) is 5.52. The molecule has 4 heteroatoms. The number of pyridine rings is 1. The molecule has 2 nitrogen and oxygen atoms in total. The van der Waals surface area contributed by atoms with Crippen LogP contribution in [0.4, 0.5) is 0 Å². The van der Waals surface area contributed by atoms with Gasteiger partial charge < -0.3 is 4.74 Å². The SMILES string of the molecule is Cc1cc(OCc2cccc(Cl)c2)ncc1Br. The first kappa shape index (κ1) is 12.4. The fourth-order valence-corrected chi connectivity index (χ4v) is 1.81. The Kier molecular flexibility index (Phi) is 4.02. The first-order valence-electron chi connectivity index (χ1n) is 5.14. The highest BCUT2D eigenvalue weighted by molar-refractivity contribution is 9.10. The standard InChI is InChI=1S/C13H11BrClNO/c1-9-5-13(16-7-12(9)14)17-8-10-3-2-4-11(15)6-10/h2-7H,8H2,1H3. The van der Waals surface area contributed by atoms with Crippen molar-refractivity contribution in [1.29, 1.82) is 0 Å². The van der Waals surface area contributed by atoms with Crippen LogP contribution < -0.4 is 4.74 Å². The molecule has 0 aliphatic rings. The number of hydrogen-bond acceptors (Lipinski definition) is 2. The molecular formula is C13H11BrClNO. The third-order valence-corrected chi connectivity index (χ3v) is 3.36. The van der Waals surface area contributed by atoms with Crippen molar-refractivity contribution in [3.63, 3.8) is 0 Å². The van der Waals surface area contributed by atoms with Gasteiger partial charge in [0.05, 0.1) is 0 Å². The summed E-state index contributed by atoms with van der Waals surface area (Å²) >= 11 is 9.29. The first-order chi connectivity index (χ1) is 8.15. The van der Waals surface area contributed by atoms with Gasteiger partial charge >= 0.3 is 0 Å². The van der Waals surface area contributed by atoms with Gasteiger partial charge in [0, 0.05) is 21.8 Å². The van der Waals surface area contributed by atoms with Crippen LogP contribution in [0.3, 0.4) is 0 Å². The summed E-state index contributed by atoms with van der Waals surface area (Å²) in [7, 11) is 0. The van der Waals surface area contributed by atoms with Crippen molar-refractivity contribution in [2.24, 2.45) is 0 Å². The van der Waals surface area contributed by atoms with Gasteiger partial charge in [0.1, 0.15) is 6.61 Å². The second-order valence-corrected chi connectivity index (χ2v) is 4.98. The van der Waals surface area contributed by atoms with Gasteiger partial charge in [-0.15, -0.1) is 0 Å². The number of aromatic nitrogens is 1. The quantitative estimate of drug-likeness (QED) is 0.839. The molecule has 2 rings (SSSR count). The Bertz CT molecular complexity index is 531. The average molecular weight is 313 g/mol. The predicted molar refractivity (Wildman–Crippen MR) is 72.5 cm³/mol. The van der Waals surface area contributed by atoms with E-state index in [1.165, 1.54) is 0 Å². The number of aryl methyl sites for hydroxylation is 1. The number of benzene rings is 1. The third-order valence-electron chi connectivity index (χ3n) is 2.30. The molecule has 0 saturated heterocycles. The van der Waals surface area contributed by atoms with Gasteiger partial charge in [-0.25, -0.2) is 4.98 Å². The molecule has 17 heavy (non-hydrogen) atoms. The summed E-state index contributed by atoms with van der Waals surface area (Å²) in [5.74, 6) is 0.616. The van der Waals surface area contributed by atoms with Gasteiger partial charge in [0.15, 0.2) is 0 Å². The molecule has 0 aliphatic carbocycles. The molecule has 2 aromatic rings. The molecule has 0 amide bonds. The maximum Gasteiger partial charge on any atom is 0.213 e. The fraction of sp³-hybridized carbons (Fsp3) is 0.154. The van der Waals surface area contributed by atoms with Crippen LogP contribution >= 0.6 is 27.5 Å². The van der Waals surface area contributed by atoms with Crippen molar-refractivity contribution in [2.75, 3.05) is 0 Å². The summed E-state index contributed by atoms with van der Waals surface area (Å²) in [6.07, 6.45) is 1.74. The zero-order valence-electron chi connectivity index (χ0n) is 9.28.